The van der Waals surface area contributed by atoms with Gasteiger partial charge in [0.25, 0.3) is 5.56 Å². The van der Waals surface area contributed by atoms with Crippen LogP contribution in [0.3, 0.4) is 0 Å². The number of hydrogen-bond acceptors (Lipinski definition) is 8. The van der Waals surface area contributed by atoms with Crippen LogP contribution in [-0.2, 0) is 9.53 Å². The van der Waals surface area contributed by atoms with E-state index in [1.54, 1.807) is 50.3 Å². The SMILES string of the molecule is CCOC(=O)C1=C(c2ccccc2)N=c2s/c(=C\c3ccc(-c4cccc(C(=O)O)c4C)o3)c(=O)n2[C@H]1c1ccc(OCC)cc1. The summed E-state index contributed by atoms with van der Waals surface area (Å²) in [6.45, 7) is 6.01. The number of carboxylic acids is 1. The first-order chi connectivity index (χ1) is 22.3. The lowest BCUT2D eigenvalue weighted by Crippen LogP contribution is -2.40. The van der Waals surface area contributed by atoms with E-state index in [9.17, 15) is 19.5 Å². The number of carboxylic acid groups (broad SMARTS) is 1. The summed E-state index contributed by atoms with van der Waals surface area (Å²) >= 11 is 1.19. The average molecular weight is 635 g/mol. The van der Waals surface area contributed by atoms with Gasteiger partial charge in [-0.05, 0) is 62.2 Å². The Morgan fingerprint density at radius 3 is 2.43 bits per heavy atom. The van der Waals surface area contributed by atoms with Gasteiger partial charge in [-0.3, -0.25) is 9.36 Å². The summed E-state index contributed by atoms with van der Waals surface area (Å²) in [6.07, 6.45) is 1.63. The van der Waals surface area contributed by atoms with E-state index in [2.05, 4.69) is 0 Å². The van der Waals surface area contributed by atoms with Gasteiger partial charge in [-0.25, -0.2) is 14.6 Å². The topological polar surface area (TPSA) is 120 Å². The molecule has 0 spiro atoms. The zero-order chi connectivity index (χ0) is 32.4. The van der Waals surface area contributed by atoms with Gasteiger partial charge in [0.05, 0.1) is 40.6 Å². The van der Waals surface area contributed by atoms with E-state index in [4.69, 9.17) is 18.9 Å². The minimum absolute atomic E-state index is 0.153. The van der Waals surface area contributed by atoms with Crippen LogP contribution >= 0.6 is 11.3 Å². The van der Waals surface area contributed by atoms with Crippen LogP contribution in [0.4, 0.5) is 0 Å². The number of carbonyl (C=O) groups excluding carboxylic acids is 1. The summed E-state index contributed by atoms with van der Waals surface area (Å²) in [5.74, 6) is -0.0330. The van der Waals surface area contributed by atoms with Gasteiger partial charge >= 0.3 is 11.9 Å². The van der Waals surface area contributed by atoms with Crippen LogP contribution in [0.2, 0.25) is 0 Å². The summed E-state index contributed by atoms with van der Waals surface area (Å²) in [6, 6.07) is 24.3. The normalized spacial score (nSPS) is 14.5. The summed E-state index contributed by atoms with van der Waals surface area (Å²) in [5, 5.41) is 9.54. The van der Waals surface area contributed by atoms with Gasteiger partial charge in [-0.1, -0.05) is 65.9 Å². The highest BCUT2D eigenvalue weighted by molar-refractivity contribution is 7.07. The largest absolute Gasteiger partial charge is 0.494 e. The molecular formula is C36H30N2O7S. The minimum Gasteiger partial charge on any atom is -0.494 e. The lowest BCUT2D eigenvalue weighted by molar-refractivity contribution is -0.138. The number of benzene rings is 3. The van der Waals surface area contributed by atoms with Crippen LogP contribution < -0.4 is 19.6 Å². The molecule has 10 heteroatoms. The van der Waals surface area contributed by atoms with Crippen molar-refractivity contribution < 1.29 is 28.6 Å². The van der Waals surface area contributed by atoms with E-state index in [1.807, 2.05) is 61.5 Å². The first kappa shape index (κ1) is 30.5. The van der Waals surface area contributed by atoms with Gasteiger partial charge in [0.2, 0.25) is 0 Å². The van der Waals surface area contributed by atoms with Crippen LogP contribution in [0.1, 0.15) is 52.7 Å². The monoisotopic (exact) mass is 634 g/mol. The van der Waals surface area contributed by atoms with Crippen molar-refractivity contribution in [3.05, 3.63) is 138 Å². The van der Waals surface area contributed by atoms with Crippen LogP contribution in [0.15, 0.2) is 105 Å². The Labute approximate surface area is 268 Å². The molecule has 0 saturated carbocycles. The van der Waals surface area contributed by atoms with Crippen molar-refractivity contribution >= 4 is 35.0 Å². The number of thiazole rings is 1. The molecule has 0 amide bonds. The summed E-state index contributed by atoms with van der Waals surface area (Å²) in [4.78, 5) is 44.8. The fourth-order valence-corrected chi connectivity index (χ4v) is 6.49. The Hall–Kier alpha value is -5.48. The molecule has 1 aliphatic heterocycles. The first-order valence-corrected chi connectivity index (χ1v) is 15.6. The van der Waals surface area contributed by atoms with E-state index in [-0.39, 0.29) is 23.3 Å². The van der Waals surface area contributed by atoms with Crippen molar-refractivity contribution in [2.45, 2.75) is 26.8 Å². The molecule has 6 rings (SSSR count). The molecule has 3 heterocycles. The van der Waals surface area contributed by atoms with E-state index in [1.165, 1.54) is 15.9 Å². The maximum atomic E-state index is 14.2. The van der Waals surface area contributed by atoms with Crippen molar-refractivity contribution in [3.8, 4) is 17.1 Å². The molecule has 1 N–H and O–H groups in total. The molecule has 0 radical (unpaired) electrons. The highest BCUT2D eigenvalue weighted by Crippen LogP contribution is 2.36. The third-order valence-electron chi connectivity index (χ3n) is 7.61. The lowest BCUT2D eigenvalue weighted by Gasteiger charge is -2.26. The Morgan fingerprint density at radius 2 is 1.74 bits per heavy atom. The molecule has 5 aromatic rings. The Balaban J connectivity index is 1.53. The van der Waals surface area contributed by atoms with Crippen LogP contribution in [-0.4, -0.2) is 34.8 Å². The van der Waals surface area contributed by atoms with E-state index in [0.29, 0.717) is 61.2 Å². The second-order valence-electron chi connectivity index (χ2n) is 10.4. The molecule has 232 valence electrons. The maximum absolute atomic E-state index is 14.2. The molecule has 0 unspecified atom stereocenters. The Kier molecular flexibility index (Phi) is 8.54. The molecule has 46 heavy (non-hydrogen) atoms. The van der Waals surface area contributed by atoms with Crippen molar-refractivity contribution in [2.24, 2.45) is 4.99 Å². The number of nitrogens with zero attached hydrogens (tertiary/aromatic N) is 2. The Bertz CT molecular complexity index is 2160. The molecule has 2 aromatic heterocycles. The van der Waals surface area contributed by atoms with Crippen molar-refractivity contribution in [3.63, 3.8) is 0 Å². The quantitative estimate of drug-likeness (QED) is 0.210. The summed E-state index contributed by atoms with van der Waals surface area (Å²) in [5.41, 5.74) is 3.15. The highest BCUT2D eigenvalue weighted by Gasteiger charge is 2.35. The Morgan fingerprint density at radius 1 is 0.978 bits per heavy atom. The molecular weight excluding hydrogens is 604 g/mol. The number of furan rings is 1. The summed E-state index contributed by atoms with van der Waals surface area (Å²) in [7, 11) is 0. The van der Waals surface area contributed by atoms with E-state index in [0.717, 1.165) is 0 Å². The second-order valence-corrected chi connectivity index (χ2v) is 11.4. The fraction of sp³-hybridized carbons (Fsp3) is 0.167. The van der Waals surface area contributed by atoms with E-state index >= 15 is 0 Å². The average Bonchev–Trinajstić information content (AvgIpc) is 3.65. The zero-order valence-corrected chi connectivity index (χ0v) is 26.2. The fourth-order valence-electron chi connectivity index (χ4n) is 5.51. The number of carbonyl (C=O) groups is 2. The lowest BCUT2D eigenvalue weighted by atomic mass is 9.93. The molecule has 1 aliphatic rings. The van der Waals surface area contributed by atoms with Crippen LogP contribution in [0.5, 0.6) is 5.75 Å². The van der Waals surface area contributed by atoms with Crippen LogP contribution in [0, 0.1) is 6.92 Å². The molecule has 1 atom stereocenters. The number of fused-ring (bicyclic) bond motifs is 1. The van der Waals surface area contributed by atoms with Gasteiger partial charge < -0.3 is 19.0 Å². The van der Waals surface area contributed by atoms with Gasteiger partial charge in [0.15, 0.2) is 4.80 Å². The van der Waals surface area contributed by atoms with Crippen LogP contribution in [0.25, 0.3) is 23.1 Å². The molecule has 0 aliphatic carbocycles. The molecule has 0 bridgehead atoms. The van der Waals surface area contributed by atoms with Crippen molar-refractivity contribution in [2.75, 3.05) is 13.2 Å². The van der Waals surface area contributed by atoms with Crippen molar-refractivity contribution in [1.82, 2.24) is 4.57 Å². The standard InChI is InChI=1S/C36H30N2O7S/c1-4-43-24-16-14-23(15-17-24)32-30(35(42)44-5-2)31(22-10-7-6-8-11-22)37-36-38(32)33(39)29(46-36)20-25-18-19-28(45-25)26-12-9-13-27(21(26)3)34(40)41/h6-20,32H,4-5H2,1-3H3,(H,40,41)/b29-20-/t32-/m0/s1. The number of esters is 1. The smallest absolute Gasteiger partial charge is 0.338 e. The van der Waals surface area contributed by atoms with E-state index < -0.39 is 18.0 Å². The predicted octanol–water partition coefficient (Wildman–Crippen LogP) is 5.60. The number of aromatic carboxylic acids is 1. The molecule has 3 aromatic carbocycles. The first-order valence-electron chi connectivity index (χ1n) is 14.7. The number of ether oxygens (including phenoxy) is 2. The molecule has 9 nitrogen and oxygen atoms in total. The van der Waals surface area contributed by atoms with Gasteiger partial charge in [0, 0.05) is 17.2 Å². The minimum atomic E-state index is -1.02. The van der Waals surface area contributed by atoms with Gasteiger partial charge in [-0.15, -0.1) is 0 Å². The number of rotatable bonds is 9. The zero-order valence-electron chi connectivity index (χ0n) is 25.4. The maximum Gasteiger partial charge on any atom is 0.338 e. The molecule has 0 saturated heterocycles. The highest BCUT2D eigenvalue weighted by atomic mass is 32.1. The third kappa shape index (κ3) is 5.70. The summed E-state index contributed by atoms with van der Waals surface area (Å²) < 4.78 is 19.1. The second kappa shape index (κ2) is 12.9. The number of hydrogen-bond donors (Lipinski definition) is 1. The van der Waals surface area contributed by atoms with Gasteiger partial charge in [0.1, 0.15) is 17.3 Å². The third-order valence-corrected chi connectivity index (χ3v) is 8.59. The van der Waals surface area contributed by atoms with Crippen molar-refractivity contribution in [1.29, 1.82) is 0 Å². The molecule has 0 fully saturated rings. The van der Waals surface area contributed by atoms with Gasteiger partial charge in [-0.2, -0.15) is 0 Å². The number of aromatic nitrogens is 1. The predicted molar refractivity (Wildman–Crippen MR) is 175 cm³/mol.